The number of aromatic nitrogens is 8. The van der Waals surface area contributed by atoms with Gasteiger partial charge in [-0.05, 0) is 48.4 Å². The van der Waals surface area contributed by atoms with Gasteiger partial charge in [0.25, 0.3) is 11.5 Å². The SMILES string of the molecule is CC(C)(C)[Si](C)(C)O[C@@H]1C(COP(=O)(OCCC#N)O[C@H]2C(n3cnc4c(NC(=O)c5ccccc5)ncnc43)OC(CO[P+](=O)O)[C@H]2O[Si](C)(C)C(C)(C)C)OC(n2cnc3c(=O)[nH]cnc32)[C@@H]1O. The lowest BCUT2D eigenvalue weighted by Crippen LogP contribution is -2.50. The minimum absolute atomic E-state index is 0.00585. The van der Waals surface area contributed by atoms with E-state index in [2.05, 4.69) is 35.2 Å². The number of carbonyl (C=O) groups excluding carboxylic acids is 1. The first kappa shape index (κ1) is 53.2. The van der Waals surface area contributed by atoms with Crippen molar-refractivity contribution in [1.29, 1.82) is 5.26 Å². The van der Waals surface area contributed by atoms with Crippen LogP contribution >= 0.6 is 16.1 Å². The van der Waals surface area contributed by atoms with Gasteiger partial charge in [0, 0.05) is 10.1 Å². The van der Waals surface area contributed by atoms with E-state index in [1.54, 1.807) is 30.3 Å². The summed E-state index contributed by atoms with van der Waals surface area (Å²) >= 11 is 0. The summed E-state index contributed by atoms with van der Waals surface area (Å²) in [6.07, 6.45) is -5.24. The molecule has 378 valence electrons. The van der Waals surface area contributed by atoms with Crippen LogP contribution in [0.4, 0.5) is 5.82 Å². The summed E-state index contributed by atoms with van der Waals surface area (Å²) in [5.74, 6) is -0.405. The number of phosphoric acid groups is 1. The van der Waals surface area contributed by atoms with Crippen LogP contribution < -0.4 is 10.9 Å². The number of carbonyl (C=O) groups is 1. The van der Waals surface area contributed by atoms with Crippen molar-refractivity contribution < 1.29 is 60.3 Å². The molecule has 5 aromatic rings. The van der Waals surface area contributed by atoms with E-state index in [9.17, 15) is 29.4 Å². The lowest BCUT2D eigenvalue weighted by atomic mass is 10.1. The summed E-state index contributed by atoms with van der Waals surface area (Å²) in [6.45, 7) is 18.4. The van der Waals surface area contributed by atoms with Gasteiger partial charge in [0.2, 0.25) is 0 Å². The summed E-state index contributed by atoms with van der Waals surface area (Å²) < 4.78 is 80.9. The Morgan fingerprint density at radius 2 is 1.47 bits per heavy atom. The van der Waals surface area contributed by atoms with Gasteiger partial charge in [0.1, 0.15) is 49.6 Å². The summed E-state index contributed by atoms with van der Waals surface area (Å²) in [7, 11) is -13.6. The third-order valence-corrected chi connectivity index (χ3v) is 23.9. The van der Waals surface area contributed by atoms with E-state index >= 15 is 4.57 Å². The van der Waals surface area contributed by atoms with Gasteiger partial charge in [0.05, 0.1) is 44.7 Å². The van der Waals surface area contributed by atoms with Crippen molar-refractivity contribution in [2.75, 3.05) is 25.1 Å². The van der Waals surface area contributed by atoms with Crippen LogP contribution in [0.5, 0.6) is 0 Å². The topological polar surface area (TPSA) is 308 Å². The zero-order valence-corrected chi connectivity index (χ0v) is 44.2. The molecule has 6 heterocycles. The predicted molar refractivity (Wildman–Crippen MR) is 256 cm³/mol. The Morgan fingerprint density at radius 3 is 2.11 bits per heavy atom. The molecule has 2 aliphatic rings. The number of amides is 1. The smallest absolute Gasteiger partial charge is 0.408 e. The second-order valence-electron chi connectivity index (χ2n) is 19.8. The molecule has 0 saturated carbocycles. The van der Waals surface area contributed by atoms with Crippen LogP contribution in [0.1, 0.15) is 70.8 Å². The highest BCUT2D eigenvalue weighted by atomic mass is 31.2. The highest BCUT2D eigenvalue weighted by Crippen LogP contribution is 2.56. The third kappa shape index (κ3) is 11.4. The molecule has 24 nitrogen and oxygen atoms in total. The zero-order valence-electron chi connectivity index (χ0n) is 40.4. The van der Waals surface area contributed by atoms with Crippen LogP contribution in [-0.2, 0) is 45.6 Å². The van der Waals surface area contributed by atoms with Crippen molar-refractivity contribution in [1.82, 2.24) is 39.0 Å². The molecule has 70 heavy (non-hydrogen) atoms. The molecule has 28 heteroatoms. The molecular weight excluding hydrogens is 987 g/mol. The first-order valence-electron chi connectivity index (χ1n) is 22.4. The summed E-state index contributed by atoms with van der Waals surface area (Å²) in [4.78, 5) is 59.9. The molecule has 0 spiro atoms. The molecule has 0 bridgehead atoms. The quantitative estimate of drug-likeness (QED) is 0.0403. The van der Waals surface area contributed by atoms with E-state index in [0.29, 0.717) is 5.56 Å². The van der Waals surface area contributed by atoms with Crippen LogP contribution in [0.2, 0.25) is 36.3 Å². The number of nitrogens with one attached hydrogen (secondary N) is 2. The minimum Gasteiger partial charge on any atom is -0.408 e. The Labute approximate surface area is 406 Å². The average Bonchev–Trinajstić information content (AvgIpc) is 4.06. The van der Waals surface area contributed by atoms with Crippen LogP contribution in [0.3, 0.4) is 0 Å². The Kier molecular flexibility index (Phi) is 15.9. The molecule has 2 fully saturated rings. The van der Waals surface area contributed by atoms with Crippen LogP contribution in [-0.4, -0.2) is 128 Å². The molecule has 4 aromatic heterocycles. The van der Waals surface area contributed by atoms with Gasteiger partial charge < -0.3 is 33.7 Å². The third-order valence-electron chi connectivity index (χ3n) is 13.1. The summed E-state index contributed by atoms with van der Waals surface area (Å²) in [5.41, 5.74) is 0.260. The normalized spacial score (nSPS) is 24.5. The molecule has 2 aliphatic heterocycles. The fourth-order valence-electron chi connectivity index (χ4n) is 7.28. The predicted octanol–water partition coefficient (Wildman–Crippen LogP) is 6.25. The summed E-state index contributed by atoms with van der Waals surface area (Å²) in [6, 6.07) is 10.4. The number of hydrogen-bond acceptors (Lipinski definition) is 19. The molecule has 7 rings (SSSR count). The average molecular weight is 1050 g/mol. The maximum absolute atomic E-state index is 15.4. The number of aliphatic hydroxyl groups excluding tert-OH is 1. The molecule has 10 atom stereocenters. The Morgan fingerprint density at radius 1 is 0.871 bits per heavy atom. The monoisotopic (exact) mass is 1050 g/mol. The Hall–Kier alpha value is -4.56. The Bertz CT molecular complexity index is 2830. The Balaban J connectivity index is 1.28. The number of aromatic amines is 1. The van der Waals surface area contributed by atoms with E-state index in [0.717, 1.165) is 0 Å². The first-order valence-corrected chi connectivity index (χ1v) is 30.8. The number of anilines is 1. The number of aliphatic hydroxyl groups is 1. The lowest BCUT2D eigenvalue weighted by Gasteiger charge is -2.40. The fourth-order valence-corrected chi connectivity index (χ4v) is 11.6. The number of rotatable bonds is 19. The molecule has 1 amide bonds. The van der Waals surface area contributed by atoms with Crippen molar-refractivity contribution in [3.05, 3.63) is 71.6 Å². The van der Waals surface area contributed by atoms with E-state index in [1.807, 2.05) is 73.8 Å². The number of nitrogens with zero attached hydrogens (tertiary/aromatic N) is 8. The van der Waals surface area contributed by atoms with E-state index in [4.69, 9.17) is 36.4 Å². The number of benzene rings is 1. The second kappa shape index (κ2) is 20.9. The van der Waals surface area contributed by atoms with Crippen LogP contribution in [0.25, 0.3) is 22.3 Å². The van der Waals surface area contributed by atoms with Gasteiger partial charge in [-0.2, -0.15) is 5.26 Å². The van der Waals surface area contributed by atoms with E-state index < -0.39 is 118 Å². The van der Waals surface area contributed by atoms with Gasteiger partial charge in [0.15, 0.2) is 57.2 Å². The van der Waals surface area contributed by atoms with Gasteiger partial charge in [-0.3, -0.25) is 32.3 Å². The van der Waals surface area contributed by atoms with Crippen molar-refractivity contribution in [2.24, 2.45) is 0 Å². The number of imidazole rings is 2. The number of nitriles is 1. The first-order chi connectivity index (χ1) is 32.8. The van der Waals surface area contributed by atoms with Crippen molar-refractivity contribution >= 4 is 66.8 Å². The number of ether oxygens (including phenoxy) is 2. The molecule has 0 radical (unpaired) electrons. The number of H-pyrrole nitrogens is 1. The standard InChI is InChI=1S/C42H58N10O14P2Si2/c1-41(2,3)69(7,8)65-31-27(62-39(30(31)53)51-24-49-29-36(51)46-22-47-38(29)55)20-61-68(58,60-18-14-17-43)64-33-32(66-70(9,10)42(4,5)6)26(19-59-67(56)57)63-40(33)52-23-48-28-34(44-21-45-35(28)52)50-37(54)25-15-12-11-13-16-25/h11-13,15-16,21-24,26-27,30-33,39-40,53H,14,18-20H2,1-10H3,(H2-,44,45,46,47,50,54,55,56,57)/p+1/t26?,27?,30-,31-,32-,33-,39?,40?,68?/m1/s1. The van der Waals surface area contributed by atoms with Gasteiger partial charge in [-0.25, -0.2) is 29.5 Å². The second-order valence-corrected chi connectivity index (χ2v) is 31.7. The maximum atomic E-state index is 15.4. The van der Waals surface area contributed by atoms with Gasteiger partial charge >= 0.3 is 16.1 Å². The molecular formula is C42H59N10O14P2Si2+. The van der Waals surface area contributed by atoms with Crippen LogP contribution in [0.15, 0.2) is 60.4 Å². The maximum Gasteiger partial charge on any atom is 0.694 e. The van der Waals surface area contributed by atoms with Crippen molar-refractivity contribution in [3.8, 4) is 6.07 Å². The minimum atomic E-state index is -4.93. The molecule has 0 aliphatic carbocycles. The highest BCUT2D eigenvalue weighted by Gasteiger charge is 2.56. The fraction of sp³-hybridized carbons (Fsp3) is 0.571. The zero-order chi connectivity index (χ0) is 51.0. The highest BCUT2D eigenvalue weighted by molar-refractivity contribution is 7.48. The molecule has 6 unspecified atom stereocenters. The van der Waals surface area contributed by atoms with Gasteiger partial charge in [-0.15, -0.1) is 9.42 Å². The molecule has 4 N–H and O–H groups in total. The van der Waals surface area contributed by atoms with Crippen molar-refractivity contribution in [3.63, 3.8) is 0 Å². The van der Waals surface area contributed by atoms with Gasteiger partial charge in [-0.1, -0.05) is 59.7 Å². The van der Waals surface area contributed by atoms with Crippen LogP contribution in [0, 0.1) is 11.3 Å². The summed E-state index contributed by atoms with van der Waals surface area (Å²) in [5, 5.41) is 23.6. The van der Waals surface area contributed by atoms with Crippen molar-refractivity contribution in [2.45, 2.75) is 133 Å². The number of phosphoric ester groups is 1. The lowest BCUT2D eigenvalue weighted by molar-refractivity contribution is -0.0630. The molecule has 2 saturated heterocycles. The van der Waals surface area contributed by atoms with E-state index in [1.165, 1.54) is 34.4 Å². The number of fused-ring (bicyclic) bond motifs is 2. The van der Waals surface area contributed by atoms with E-state index in [-0.39, 0.29) is 39.6 Å². The number of hydrogen-bond donors (Lipinski definition) is 4. The largest absolute Gasteiger partial charge is 0.694 e. The molecule has 1 aromatic carbocycles.